The van der Waals surface area contributed by atoms with Crippen molar-refractivity contribution in [2.45, 2.75) is 13.8 Å². The molecule has 1 amide bonds. The molecule has 2 rings (SSSR count). The van der Waals surface area contributed by atoms with Gasteiger partial charge >= 0.3 is 5.97 Å². The first kappa shape index (κ1) is 14.7. The summed E-state index contributed by atoms with van der Waals surface area (Å²) in [6, 6.07) is 8.75. The van der Waals surface area contributed by atoms with Crippen molar-refractivity contribution >= 4 is 17.6 Å². The number of carbonyl (C=O) groups excluding carboxylic acids is 1. The van der Waals surface area contributed by atoms with Gasteiger partial charge in [0.15, 0.2) is 0 Å². The van der Waals surface area contributed by atoms with Crippen LogP contribution in [0.1, 0.15) is 31.8 Å². The van der Waals surface area contributed by atoms with E-state index in [2.05, 4.69) is 5.32 Å². The Morgan fingerprint density at radius 1 is 1.10 bits per heavy atom. The predicted octanol–water partition coefficient (Wildman–Crippen LogP) is 3.39. The average Bonchev–Trinajstić information content (AvgIpc) is 2.41. The molecule has 5 heteroatoms. The molecule has 4 nitrogen and oxygen atoms in total. The number of amides is 1. The van der Waals surface area contributed by atoms with Crippen molar-refractivity contribution < 1.29 is 19.1 Å². The first-order chi connectivity index (χ1) is 9.90. The summed E-state index contributed by atoms with van der Waals surface area (Å²) < 4.78 is 13.6. The molecule has 0 atom stereocenters. The minimum Gasteiger partial charge on any atom is -0.478 e. The van der Waals surface area contributed by atoms with Gasteiger partial charge in [0.05, 0.1) is 16.8 Å². The van der Waals surface area contributed by atoms with Gasteiger partial charge in [0.25, 0.3) is 5.91 Å². The van der Waals surface area contributed by atoms with Gasteiger partial charge in [-0.15, -0.1) is 0 Å². The number of benzene rings is 2. The minimum absolute atomic E-state index is 0.0165. The Labute approximate surface area is 121 Å². The molecule has 0 saturated heterocycles. The molecule has 21 heavy (non-hydrogen) atoms. The second-order valence-corrected chi connectivity index (χ2v) is 4.74. The standard InChI is InChI=1S/C16H14FNO3/c1-9-7-10(2)14(12(8-9)16(20)21)18-15(19)11-5-3-4-6-13(11)17/h3-8H,1-2H3,(H,18,19)(H,20,21). The van der Waals surface area contributed by atoms with Gasteiger partial charge < -0.3 is 10.4 Å². The summed E-state index contributed by atoms with van der Waals surface area (Å²) in [6.07, 6.45) is 0. The Morgan fingerprint density at radius 3 is 2.38 bits per heavy atom. The molecule has 0 radical (unpaired) electrons. The molecule has 0 aliphatic heterocycles. The lowest BCUT2D eigenvalue weighted by Gasteiger charge is -2.13. The zero-order valence-corrected chi connectivity index (χ0v) is 11.6. The van der Waals surface area contributed by atoms with Gasteiger partial charge in [-0.25, -0.2) is 9.18 Å². The number of hydrogen-bond acceptors (Lipinski definition) is 2. The Hall–Kier alpha value is -2.69. The number of anilines is 1. The van der Waals surface area contributed by atoms with E-state index < -0.39 is 17.7 Å². The number of aryl methyl sites for hydroxylation is 2. The first-order valence-corrected chi connectivity index (χ1v) is 6.30. The normalized spacial score (nSPS) is 10.2. The van der Waals surface area contributed by atoms with E-state index in [9.17, 15) is 19.1 Å². The number of nitrogens with one attached hydrogen (secondary N) is 1. The topological polar surface area (TPSA) is 66.4 Å². The molecule has 0 aliphatic rings. The van der Waals surface area contributed by atoms with E-state index in [0.717, 1.165) is 5.56 Å². The fraction of sp³-hybridized carbons (Fsp3) is 0.125. The Kier molecular flexibility index (Phi) is 4.03. The van der Waals surface area contributed by atoms with Crippen LogP contribution in [0.2, 0.25) is 0 Å². The quantitative estimate of drug-likeness (QED) is 0.909. The van der Waals surface area contributed by atoms with Crippen LogP contribution in [0.4, 0.5) is 10.1 Å². The summed E-state index contributed by atoms with van der Waals surface area (Å²) in [6.45, 7) is 3.46. The molecule has 0 spiro atoms. The highest BCUT2D eigenvalue weighted by molar-refractivity contribution is 6.08. The zero-order chi connectivity index (χ0) is 15.6. The van der Waals surface area contributed by atoms with Gasteiger partial charge in [-0.3, -0.25) is 4.79 Å². The van der Waals surface area contributed by atoms with Gasteiger partial charge in [-0.2, -0.15) is 0 Å². The third kappa shape index (κ3) is 3.08. The van der Waals surface area contributed by atoms with Crippen LogP contribution in [0.25, 0.3) is 0 Å². The number of hydrogen-bond donors (Lipinski definition) is 2. The van der Waals surface area contributed by atoms with E-state index >= 15 is 0 Å². The largest absolute Gasteiger partial charge is 0.478 e. The second kappa shape index (κ2) is 5.75. The van der Waals surface area contributed by atoms with Gasteiger partial charge in [0.1, 0.15) is 5.82 Å². The maximum atomic E-state index is 13.6. The SMILES string of the molecule is Cc1cc(C)c(NC(=O)c2ccccc2F)c(C(=O)O)c1. The van der Waals surface area contributed by atoms with Crippen molar-refractivity contribution in [1.29, 1.82) is 0 Å². The van der Waals surface area contributed by atoms with E-state index in [1.165, 1.54) is 30.3 Å². The average molecular weight is 287 g/mol. The van der Waals surface area contributed by atoms with E-state index in [0.29, 0.717) is 5.56 Å². The van der Waals surface area contributed by atoms with Crippen molar-refractivity contribution in [1.82, 2.24) is 0 Å². The molecule has 0 saturated carbocycles. The van der Waals surface area contributed by atoms with Crippen molar-refractivity contribution in [3.8, 4) is 0 Å². The molecule has 0 aromatic heterocycles. The third-order valence-electron chi connectivity index (χ3n) is 3.07. The van der Waals surface area contributed by atoms with Crippen LogP contribution in [-0.2, 0) is 0 Å². The lowest BCUT2D eigenvalue weighted by molar-refractivity contribution is 0.0698. The van der Waals surface area contributed by atoms with Gasteiger partial charge in [-0.05, 0) is 43.2 Å². The Balaban J connectivity index is 2.42. The summed E-state index contributed by atoms with van der Waals surface area (Å²) in [7, 11) is 0. The number of rotatable bonds is 3. The van der Waals surface area contributed by atoms with Crippen LogP contribution in [-0.4, -0.2) is 17.0 Å². The number of carbonyl (C=O) groups is 2. The molecule has 0 heterocycles. The second-order valence-electron chi connectivity index (χ2n) is 4.74. The zero-order valence-electron chi connectivity index (χ0n) is 11.6. The van der Waals surface area contributed by atoms with Gasteiger partial charge in [0.2, 0.25) is 0 Å². The highest BCUT2D eigenvalue weighted by Gasteiger charge is 2.18. The summed E-state index contributed by atoms with van der Waals surface area (Å²) in [5.41, 5.74) is 1.42. The first-order valence-electron chi connectivity index (χ1n) is 6.30. The molecular weight excluding hydrogens is 273 g/mol. The smallest absolute Gasteiger partial charge is 0.337 e. The number of aromatic carboxylic acids is 1. The molecule has 108 valence electrons. The summed E-state index contributed by atoms with van der Waals surface area (Å²) in [5, 5.41) is 11.7. The van der Waals surface area contributed by atoms with Crippen LogP contribution in [0, 0.1) is 19.7 Å². The third-order valence-corrected chi connectivity index (χ3v) is 3.07. The van der Waals surface area contributed by atoms with Crippen LogP contribution in [0.5, 0.6) is 0 Å². The predicted molar refractivity (Wildman–Crippen MR) is 77.2 cm³/mol. The van der Waals surface area contributed by atoms with Crippen LogP contribution < -0.4 is 5.32 Å². The highest BCUT2D eigenvalue weighted by atomic mass is 19.1. The number of carboxylic acid groups (broad SMARTS) is 1. The maximum absolute atomic E-state index is 13.6. The molecule has 0 unspecified atom stereocenters. The molecule has 0 aliphatic carbocycles. The summed E-state index contributed by atoms with van der Waals surface area (Å²) in [4.78, 5) is 23.4. The van der Waals surface area contributed by atoms with E-state index in [-0.39, 0.29) is 16.8 Å². The van der Waals surface area contributed by atoms with Crippen molar-refractivity contribution in [3.63, 3.8) is 0 Å². The lowest BCUT2D eigenvalue weighted by atomic mass is 10.0. The summed E-state index contributed by atoms with van der Waals surface area (Å²) in [5.74, 6) is -2.48. The molecular formula is C16H14FNO3. The molecule has 0 bridgehead atoms. The molecule has 2 N–H and O–H groups in total. The van der Waals surface area contributed by atoms with Crippen molar-refractivity contribution in [2.24, 2.45) is 0 Å². The van der Waals surface area contributed by atoms with Crippen molar-refractivity contribution in [2.75, 3.05) is 5.32 Å². The van der Waals surface area contributed by atoms with Gasteiger partial charge in [0, 0.05) is 0 Å². The molecule has 2 aromatic carbocycles. The van der Waals surface area contributed by atoms with E-state index in [1.807, 2.05) is 0 Å². The number of carboxylic acids is 1. The van der Waals surface area contributed by atoms with Crippen LogP contribution in [0.3, 0.4) is 0 Å². The number of halogens is 1. The highest BCUT2D eigenvalue weighted by Crippen LogP contribution is 2.24. The van der Waals surface area contributed by atoms with Gasteiger partial charge in [-0.1, -0.05) is 18.2 Å². The fourth-order valence-corrected chi connectivity index (χ4v) is 2.13. The monoisotopic (exact) mass is 287 g/mol. The summed E-state index contributed by atoms with van der Waals surface area (Å²) >= 11 is 0. The minimum atomic E-state index is -1.15. The lowest BCUT2D eigenvalue weighted by Crippen LogP contribution is -2.17. The molecule has 0 fully saturated rings. The molecule has 2 aromatic rings. The Morgan fingerprint density at radius 2 is 1.76 bits per heavy atom. The van der Waals surface area contributed by atoms with E-state index in [4.69, 9.17) is 0 Å². The Bertz CT molecular complexity index is 725. The van der Waals surface area contributed by atoms with Crippen LogP contribution >= 0.6 is 0 Å². The van der Waals surface area contributed by atoms with E-state index in [1.54, 1.807) is 19.9 Å². The fourth-order valence-electron chi connectivity index (χ4n) is 2.13. The maximum Gasteiger partial charge on any atom is 0.337 e. The van der Waals surface area contributed by atoms with Crippen LogP contribution in [0.15, 0.2) is 36.4 Å². The van der Waals surface area contributed by atoms with Crippen molar-refractivity contribution in [3.05, 3.63) is 64.5 Å².